The van der Waals surface area contributed by atoms with Gasteiger partial charge in [-0.05, 0) is 30.4 Å². The number of nitrogens with one attached hydrogen (secondary N) is 3. The minimum absolute atomic E-state index is 0.173. The van der Waals surface area contributed by atoms with E-state index >= 15 is 0 Å². The lowest BCUT2D eigenvalue weighted by molar-refractivity contribution is -0.134. The molecule has 9 nitrogen and oxygen atoms in total. The number of thiazole rings is 1. The number of hydrogen-bond donors (Lipinski definition) is 4. The lowest BCUT2D eigenvalue weighted by Crippen LogP contribution is -2.49. The number of rotatable bonds is 12. The summed E-state index contributed by atoms with van der Waals surface area (Å²) in [7, 11) is -1.59. The van der Waals surface area contributed by atoms with Crippen LogP contribution in [0.25, 0.3) is 0 Å². The largest absolute Gasteiger partial charge is 0.453 e. The lowest BCUT2D eigenvalue weighted by Gasteiger charge is -2.24. The van der Waals surface area contributed by atoms with Gasteiger partial charge < -0.3 is 15.4 Å². The molecule has 0 aliphatic heterocycles. The average Bonchev–Trinajstić information content (AvgIpc) is 3.37. The third-order valence-electron chi connectivity index (χ3n) is 5.81. The van der Waals surface area contributed by atoms with Crippen molar-refractivity contribution >= 4 is 34.2 Å². The summed E-state index contributed by atoms with van der Waals surface area (Å²) < 4.78 is 67.1. The molecule has 3 atom stereocenters. The second-order valence-corrected chi connectivity index (χ2v) is 10.5. The minimum Gasteiger partial charge on any atom is -0.453 e. The monoisotopic (exact) mass is 586 g/mol. The van der Waals surface area contributed by atoms with E-state index in [1.54, 1.807) is 24.3 Å². The van der Waals surface area contributed by atoms with E-state index in [-0.39, 0.29) is 25.0 Å². The van der Waals surface area contributed by atoms with Gasteiger partial charge in [0.25, 0.3) is 0 Å². The molecule has 1 aliphatic carbocycles. The van der Waals surface area contributed by atoms with Gasteiger partial charge in [-0.2, -0.15) is 13.2 Å². The number of ether oxygens (including phenoxy) is 1. The van der Waals surface area contributed by atoms with Gasteiger partial charge in [0.2, 0.25) is 16.8 Å². The quantitative estimate of drug-likeness (QED) is 0.282. The number of alkyl carbamates (subject to hydrolysis) is 1. The zero-order valence-corrected chi connectivity index (χ0v) is 22.7. The number of hydrogen-bond acceptors (Lipinski definition) is 7. The van der Waals surface area contributed by atoms with Crippen LogP contribution in [-0.4, -0.2) is 50.8 Å². The SMILES string of the molecule is COC(=O)N[C@@H](Cc1ccccc1)C(=O)N[C@@H](CC1=CCC(N[SH](=O)=O)C=C1)c1nc(CCC(F)(F)F)cs1. The molecular formula is C25H29F3N4O5S2. The Kier molecular flexibility index (Phi) is 11.1. The third kappa shape index (κ3) is 10.5. The number of carbonyl (C=O) groups is 2. The van der Waals surface area contributed by atoms with Gasteiger partial charge in [0.1, 0.15) is 11.0 Å². The Labute approximate surface area is 229 Å². The topological polar surface area (TPSA) is 126 Å². The van der Waals surface area contributed by atoms with E-state index in [0.717, 1.165) is 22.5 Å². The van der Waals surface area contributed by atoms with Gasteiger partial charge in [-0.1, -0.05) is 48.6 Å². The zero-order valence-electron chi connectivity index (χ0n) is 20.9. The summed E-state index contributed by atoms with van der Waals surface area (Å²) in [5.41, 5.74) is 1.84. The van der Waals surface area contributed by atoms with Crippen LogP contribution in [0.15, 0.2) is 59.5 Å². The number of aryl methyl sites for hydroxylation is 1. The van der Waals surface area contributed by atoms with E-state index in [1.165, 1.54) is 12.5 Å². The zero-order chi connectivity index (χ0) is 28.4. The van der Waals surface area contributed by atoms with E-state index in [4.69, 9.17) is 0 Å². The fourth-order valence-corrected chi connectivity index (χ4v) is 5.25. The fraction of sp³-hybridized carbons (Fsp3) is 0.400. The lowest BCUT2D eigenvalue weighted by atomic mass is 9.97. The molecule has 39 heavy (non-hydrogen) atoms. The number of nitrogens with zero attached hydrogens (tertiary/aromatic N) is 1. The van der Waals surface area contributed by atoms with Crippen LogP contribution in [0.5, 0.6) is 0 Å². The Bertz CT molecular complexity index is 1250. The fourth-order valence-electron chi connectivity index (χ4n) is 3.88. The Morgan fingerprint density at radius 2 is 1.92 bits per heavy atom. The molecule has 0 saturated carbocycles. The second kappa shape index (κ2) is 14.2. The third-order valence-corrected chi connectivity index (χ3v) is 7.36. The van der Waals surface area contributed by atoms with Crippen LogP contribution >= 0.6 is 11.3 Å². The molecule has 3 N–H and O–H groups in total. The number of alkyl halides is 3. The Hall–Kier alpha value is -3.23. The summed E-state index contributed by atoms with van der Waals surface area (Å²) in [5.74, 6) is -0.524. The number of methoxy groups -OCH3 is 1. The summed E-state index contributed by atoms with van der Waals surface area (Å²) in [6.07, 6.45) is -0.360. The van der Waals surface area contributed by atoms with Crippen molar-refractivity contribution in [1.82, 2.24) is 20.3 Å². The first kappa shape index (κ1) is 30.3. The first-order valence-electron chi connectivity index (χ1n) is 12.0. The Morgan fingerprint density at radius 1 is 1.18 bits per heavy atom. The molecule has 0 saturated heterocycles. The molecule has 1 heterocycles. The van der Waals surface area contributed by atoms with Crippen molar-refractivity contribution in [2.75, 3.05) is 7.11 Å². The summed E-state index contributed by atoms with van der Waals surface area (Å²) >= 11 is 1.13. The van der Waals surface area contributed by atoms with Gasteiger partial charge in [0, 0.05) is 24.3 Å². The molecule has 1 unspecified atom stereocenters. The highest BCUT2D eigenvalue weighted by Crippen LogP contribution is 2.29. The van der Waals surface area contributed by atoms with E-state index in [9.17, 15) is 31.2 Å². The molecule has 0 fully saturated rings. The standard InChI is InChI=1S/C25H29F3N4O5S2/c1-37-24(34)31-20(13-16-5-3-2-4-6-16)22(33)30-21(14-17-7-9-18(10-8-17)32-39(35)36)23-29-19(15-38-23)11-12-25(26,27)28/h2-9,15,18,20-21,39H,10-14H2,1H3,(H,30,33)(H,31,34)(H,32,35,36)/t18?,20-,21-/m0/s1. The van der Waals surface area contributed by atoms with Gasteiger partial charge in [0.05, 0.1) is 18.8 Å². The molecular weight excluding hydrogens is 557 g/mol. The van der Waals surface area contributed by atoms with Crippen LogP contribution < -0.4 is 15.4 Å². The average molecular weight is 587 g/mol. The number of allylic oxidation sites excluding steroid dienone is 1. The molecule has 1 aliphatic rings. The van der Waals surface area contributed by atoms with Crippen molar-refractivity contribution in [1.29, 1.82) is 0 Å². The number of thiol groups is 1. The van der Waals surface area contributed by atoms with Crippen LogP contribution in [0.1, 0.15) is 41.6 Å². The maximum atomic E-state index is 13.4. The predicted molar refractivity (Wildman–Crippen MR) is 141 cm³/mol. The van der Waals surface area contributed by atoms with E-state index < -0.39 is 53.6 Å². The van der Waals surface area contributed by atoms with Crippen molar-refractivity contribution in [2.45, 2.75) is 56.4 Å². The highest BCUT2D eigenvalue weighted by atomic mass is 32.2. The van der Waals surface area contributed by atoms with E-state index in [1.807, 2.05) is 24.3 Å². The number of halogens is 3. The van der Waals surface area contributed by atoms with Gasteiger partial charge in [-0.3, -0.25) is 4.79 Å². The van der Waals surface area contributed by atoms with Crippen LogP contribution in [0.2, 0.25) is 0 Å². The van der Waals surface area contributed by atoms with Crippen LogP contribution in [0.4, 0.5) is 18.0 Å². The van der Waals surface area contributed by atoms with Crippen LogP contribution in [0.3, 0.4) is 0 Å². The molecule has 1 aromatic heterocycles. The molecule has 0 bridgehead atoms. The molecule has 0 spiro atoms. The number of carbonyl (C=O) groups excluding carboxylic acids is 2. The Morgan fingerprint density at radius 3 is 2.54 bits per heavy atom. The molecule has 0 radical (unpaired) electrons. The van der Waals surface area contributed by atoms with Crippen molar-refractivity contribution < 1.29 is 35.9 Å². The van der Waals surface area contributed by atoms with Crippen molar-refractivity contribution in [3.05, 3.63) is 75.8 Å². The van der Waals surface area contributed by atoms with E-state index in [0.29, 0.717) is 11.4 Å². The molecule has 14 heteroatoms. The maximum Gasteiger partial charge on any atom is 0.407 e. The summed E-state index contributed by atoms with van der Waals surface area (Å²) in [5, 5.41) is 7.36. The highest BCUT2D eigenvalue weighted by Gasteiger charge is 2.29. The van der Waals surface area contributed by atoms with Crippen LogP contribution in [0, 0.1) is 0 Å². The van der Waals surface area contributed by atoms with Gasteiger partial charge >= 0.3 is 12.3 Å². The number of aromatic nitrogens is 1. The summed E-state index contributed by atoms with van der Waals surface area (Å²) in [4.78, 5) is 29.7. The highest BCUT2D eigenvalue weighted by molar-refractivity contribution is 7.70. The normalized spacial score (nSPS) is 16.8. The number of amides is 2. The first-order chi connectivity index (χ1) is 18.5. The summed E-state index contributed by atoms with van der Waals surface area (Å²) in [6, 6.07) is 6.94. The smallest absolute Gasteiger partial charge is 0.407 e. The summed E-state index contributed by atoms with van der Waals surface area (Å²) in [6.45, 7) is 0. The molecule has 212 valence electrons. The van der Waals surface area contributed by atoms with Crippen molar-refractivity contribution in [3.63, 3.8) is 0 Å². The van der Waals surface area contributed by atoms with E-state index in [2.05, 4.69) is 25.1 Å². The van der Waals surface area contributed by atoms with Gasteiger partial charge in [0.15, 0.2) is 0 Å². The molecule has 3 rings (SSSR count). The Balaban J connectivity index is 1.81. The van der Waals surface area contributed by atoms with Gasteiger partial charge in [-0.15, -0.1) is 11.3 Å². The first-order valence-corrected chi connectivity index (χ1v) is 14.1. The molecule has 2 aromatic rings. The number of benzene rings is 1. The molecule has 1 aromatic carbocycles. The maximum absolute atomic E-state index is 13.4. The van der Waals surface area contributed by atoms with Gasteiger partial charge in [-0.25, -0.2) is 22.9 Å². The van der Waals surface area contributed by atoms with Crippen molar-refractivity contribution in [3.8, 4) is 0 Å². The second-order valence-electron chi connectivity index (χ2n) is 8.80. The predicted octanol–water partition coefficient (Wildman–Crippen LogP) is 3.52. The molecule has 2 amide bonds. The van der Waals surface area contributed by atoms with Crippen molar-refractivity contribution in [2.24, 2.45) is 0 Å². The van der Waals surface area contributed by atoms with Crippen LogP contribution in [-0.2, 0) is 33.3 Å². The minimum atomic E-state index is -4.32.